The zero-order valence-corrected chi connectivity index (χ0v) is 9.20. The molecule has 0 aromatic heterocycles. The van der Waals surface area contributed by atoms with Crippen molar-refractivity contribution in [2.24, 2.45) is 5.73 Å². The number of Topliss-reactive ketones (excluding diaryl/α,β-unsaturated/α-hetero) is 1. The number of hydrogen-bond donors (Lipinski definition) is 2. The lowest BCUT2D eigenvalue weighted by Gasteiger charge is -2.01. The summed E-state index contributed by atoms with van der Waals surface area (Å²) in [6.45, 7) is 5.40. The van der Waals surface area contributed by atoms with Crippen LogP contribution in [0.2, 0.25) is 0 Å². The van der Waals surface area contributed by atoms with E-state index in [9.17, 15) is 9.59 Å². The van der Waals surface area contributed by atoms with Gasteiger partial charge in [-0.2, -0.15) is 0 Å². The molecule has 0 radical (unpaired) electrons. The predicted octanol–water partition coefficient (Wildman–Crippen LogP) is 1.60. The molecule has 0 saturated carbocycles. The number of carbonyl (C=O) groups is 2. The Hall–Kier alpha value is -1.84. The van der Waals surface area contributed by atoms with Gasteiger partial charge < -0.3 is 11.5 Å². The summed E-state index contributed by atoms with van der Waals surface area (Å²) in [6, 6.07) is 4.38. The summed E-state index contributed by atoms with van der Waals surface area (Å²) in [5.74, 6) is -0.732. The van der Waals surface area contributed by atoms with Crippen LogP contribution < -0.4 is 11.5 Å². The van der Waals surface area contributed by atoms with Crippen LogP contribution in [-0.2, 0) is 0 Å². The van der Waals surface area contributed by atoms with Crippen LogP contribution in [0.15, 0.2) is 18.2 Å². The molecule has 0 saturated heterocycles. The zero-order valence-electron chi connectivity index (χ0n) is 9.20. The van der Waals surface area contributed by atoms with Gasteiger partial charge >= 0.3 is 0 Å². The van der Waals surface area contributed by atoms with Crippen molar-refractivity contribution in [1.29, 1.82) is 0 Å². The summed E-state index contributed by atoms with van der Waals surface area (Å²) in [5, 5.41) is 0. The maximum Gasteiger partial charge on any atom is 0.248 e. The summed E-state index contributed by atoms with van der Waals surface area (Å²) in [6.07, 6.45) is 0. The molecule has 0 aliphatic heterocycles. The second-order valence-corrected chi connectivity index (χ2v) is 2.76. The van der Waals surface area contributed by atoms with Gasteiger partial charge in [0.1, 0.15) is 0 Å². The van der Waals surface area contributed by atoms with Crippen molar-refractivity contribution >= 4 is 17.4 Å². The molecule has 0 aliphatic carbocycles. The number of nitrogens with two attached hydrogens (primary N) is 2. The van der Waals surface area contributed by atoms with Crippen LogP contribution in [0.1, 0.15) is 41.5 Å². The van der Waals surface area contributed by atoms with E-state index in [2.05, 4.69) is 0 Å². The first-order valence-corrected chi connectivity index (χ1v) is 4.72. The van der Waals surface area contributed by atoms with E-state index < -0.39 is 5.91 Å². The molecule has 0 bridgehead atoms. The van der Waals surface area contributed by atoms with Crippen molar-refractivity contribution in [2.75, 3.05) is 5.73 Å². The average Bonchev–Trinajstić information content (AvgIpc) is 2.19. The van der Waals surface area contributed by atoms with Crippen LogP contribution >= 0.6 is 0 Å². The number of primary amides is 1. The van der Waals surface area contributed by atoms with E-state index in [-0.39, 0.29) is 11.3 Å². The molecular formula is C11H16N2O2. The Bertz CT molecular complexity index is 341. The van der Waals surface area contributed by atoms with Gasteiger partial charge in [-0.1, -0.05) is 13.8 Å². The van der Waals surface area contributed by atoms with E-state index in [1.807, 2.05) is 13.8 Å². The number of amides is 1. The number of nitrogen functional groups attached to an aromatic ring is 1. The van der Waals surface area contributed by atoms with Gasteiger partial charge in [0.2, 0.25) is 5.91 Å². The van der Waals surface area contributed by atoms with E-state index in [1.165, 1.54) is 25.1 Å². The molecule has 4 nitrogen and oxygen atoms in total. The summed E-state index contributed by atoms with van der Waals surface area (Å²) in [5.41, 5.74) is 11.5. The highest BCUT2D eigenvalue weighted by Gasteiger charge is 2.06. The molecule has 1 amide bonds. The van der Waals surface area contributed by atoms with Gasteiger partial charge in [-0.15, -0.1) is 0 Å². The number of carbonyl (C=O) groups excluding carboxylic acids is 2. The van der Waals surface area contributed by atoms with Crippen LogP contribution in [0.4, 0.5) is 5.69 Å². The molecule has 4 heteroatoms. The molecule has 0 heterocycles. The highest BCUT2D eigenvalue weighted by Crippen LogP contribution is 2.12. The van der Waals surface area contributed by atoms with Gasteiger partial charge in [0.15, 0.2) is 5.78 Å². The maximum atomic E-state index is 11.0. The fraction of sp³-hybridized carbons (Fsp3) is 0.273. The first kappa shape index (κ1) is 13.2. The van der Waals surface area contributed by atoms with Gasteiger partial charge in [-0.3, -0.25) is 9.59 Å². The third-order valence-corrected chi connectivity index (χ3v) is 1.65. The van der Waals surface area contributed by atoms with Gasteiger partial charge in [0.05, 0.1) is 0 Å². The Morgan fingerprint density at radius 1 is 1.07 bits per heavy atom. The Morgan fingerprint density at radius 2 is 1.53 bits per heavy atom. The topological polar surface area (TPSA) is 86.2 Å². The maximum absolute atomic E-state index is 11.0. The predicted molar refractivity (Wildman–Crippen MR) is 60.7 cm³/mol. The van der Waals surface area contributed by atoms with Gasteiger partial charge in [-0.25, -0.2) is 0 Å². The summed E-state index contributed by atoms with van der Waals surface area (Å²) in [4.78, 5) is 21.7. The second kappa shape index (κ2) is 5.80. The largest absolute Gasteiger partial charge is 0.399 e. The average molecular weight is 208 g/mol. The van der Waals surface area contributed by atoms with Crippen LogP contribution in [0.25, 0.3) is 0 Å². The van der Waals surface area contributed by atoms with Crippen molar-refractivity contribution < 1.29 is 9.59 Å². The Balaban J connectivity index is 0.000000921. The highest BCUT2D eigenvalue weighted by molar-refractivity contribution is 6.00. The smallest absolute Gasteiger partial charge is 0.248 e. The van der Waals surface area contributed by atoms with Gasteiger partial charge in [-0.05, 0) is 25.1 Å². The first-order chi connectivity index (χ1) is 7.00. The lowest BCUT2D eigenvalue weighted by atomic mass is 10.1. The molecule has 15 heavy (non-hydrogen) atoms. The van der Waals surface area contributed by atoms with Crippen molar-refractivity contribution in [1.82, 2.24) is 0 Å². The molecule has 1 rings (SSSR count). The lowest BCUT2D eigenvalue weighted by molar-refractivity contribution is 0.1000. The minimum absolute atomic E-state index is 0.144. The number of ketones is 1. The standard InChI is InChI=1S/C9H10N2O2.C2H6/c1-5(12)6-2-7(9(11)13)4-8(10)3-6;1-2/h2-4H,10H2,1H3,(H2,11,13);1-2H3. The number of benzene rings is 1. The number of rotatable bonds is 2. The fourth-order valence-electron chi connectivity index (χ4n) is 0.997. The lowest BCUT2D eigenvalue weighted by Crippen LogP contribution is -2.12. The van der Waals surface area contributed by atoms with Gasteiger partial charge in [0, 0.05) is 16.8 Å². The van der Waals surface area contributed by atoms with Crippen molar-refractivity contribution in [3.8, 4) is 0 Å². The van der Waals surface area contributed by atoms with E-state index in [4.69, 9.17) is 11.5 Å². The molecular weight excluding hydrogens is 192 g/mol. The van der Waals surface area contributed by atoms with E-state index in [1.54, 1.807) is 0 Å². The summed E-state index contributed by atoms with van der Waals surface area (Å²) >= 11 is 0. The molecule has 0 spiro atoms. The molecule has 0 unspecified atom stereocenters. The molecule has 0 fully saturated rings. The quantitative estimate of drug-likeness (QED) is 0.571. The highest BCUT2D eigenvalue weighted by atomic mass is 16.1. The molecule has 82 valence electrons. The molecule has 4 N–H and O–H groups in total. The molecule has 0 atom stereocenters. The minimum atomic E-state index is -0.588. The van der Waals surface area contributed by atoms with E-state index in [0.717, 1.165) is 0 Å². The molecule has 0 aliphatic rings. The first-order valence-electron chi connectivity index (χ1n) is 4.72. The fourth-order valence-corrected chi connectivity index (χ4v) is 0.997. The normalized spacial score (nSPS) is 8.73. The van der Waals surface area contributed by atoms with Crippen molar-refractivity contribution in [3.05, 3.63) is 29.3 Å². The Labute approximate surface area is 89.3 Å². The summed E-state index contributed by atoms with van der Waals surface area (Å²) in [7, 11) is 0. The van der Waals surface area contributed by atoms with E-state index in [0.29, 0.717) is 11.3 Å². The second-order valence-electron chi connectivity index (χ2n) is 2.76. The van der Waals surface area contributed by atoms with Crippen LogP contribution in [0.3, 0.4) is 0 Å². The number of hydrogen-bond acceptors (Lipinski definition) is 3. The Kier molecular flexibility index (Phi) is 5.09. The van der Waals surface area contributed by atoms with Crippen LogP contribution in [0.5, 0.6) is 0 Å². The summed E-state index contributed by atoms with van der Waals surface area (Å²) < 4.78 is 0. The van der Waals surface area contributed by atoms with Crippen LogP contribution in [-0.4, -0.2) is 11.7 Å². The van der Waals surface area contributed by atoms with Crippen LogP contribution in [0, 0.1) is 0 Å². The third kappa shape index (κ3) is 3.81. The number of anilines is 1. The minimum Gasteiger partial charge on any atom is -0.399 e. The monoisotopic (exact) mass is 208 g/mol. The third-order valence-electron chi connectivity index (χ3n) is 1.65. The zero-order chi connectivity index (χ0) is 12.0. The van der Waals surface area contributed by atoms with Crippen molar-refractivity contribution in [3.63, 3.8) is 0 Å². The molecule has 1 aromatic rings. The molecule has 1 aromatic carbocycles. The SMILES string of the molecule is CC.CC(=O)c1cc(N)cc(C(N)=O)c1. The Morgan fingerprint density at radius 3 is 1.93 bits per heavy atom. The van der Waals surface area contributed by atoms with E-state index >= 15 is 0 Å². The van der Waals surface area contributed by atoms with Crippen molar-refractivity contribution in [2.45, 2.75) is 20.8 Å². The van der Waals surface area contributed by atoms with Gasteiger partial charge in [0.25, 0.3) is 0 Å².